The Labute approximate surface area is 122 Å². The second-order valence-electron chi connectivity index (χ2n) is 5.86. The molecule has 0 saturated heterocycles. The van der Waals surface area contributed by atoms with Crippen LogP contribution in [0.5, 0.6) is 0 Å². The third kappa shape index (κ3) is 4.34. The van der Waals surface area contributed by atoms with E-state index in [2.05, 4.69) is 41.5 Å². The summed E-state index contributed by atoms with van der Waals surface area (Å²) in [5.41, 5.74) is 1.83. The number of thiazole rings is 1. The summed E-state index contributed by atoms with van der Waals surface area (Å²) in [7, 11) is 1.79. The maximum Gasteiger partial charge on any atom is 0.325 e. The number of nitrogens with one attached hydrogen (secondary N) is 2. The Morgan fingerprint density at radius 2 is 2.15 bits per heavy atom. The molecule has 6 nitrogen and oxygen atoms in total. The Bertz CT molecular complexity index is 596. The summed E-state index contributed by atoms with van der Waals surface area (Å²) < 4.78 is 1.63. The second kappa shape index (κ2) is 5.62. The summed E-state index contributed by atoms with van der Waals surface area (Å²) >= 11 is 1.43. The normalized spacial score (nSPS) is 11.4. The third-order valence-electron chi connectivity index (χ3n) is 2.45. The van der Waals surface area contributed by atoms with Crippen LogP contribution in [0.25, 0.3) is 0 Å². The van der Waals surface area contributed by atoms with E-state index in [9.17, 15) is 4.79 Å². The zero-order valence-corrected chi connectivity index (χ0v) is 12.9. The Hall–Kier alpha value is -1.89. The molecule has 2 heterocycles. The molecule has 0 spiro atoms. The Morgan fingerprint density at radius 1 is 1.40 bits per heavy atom. The number of hydrogen-bond acceptors (Lipinski definition) is 4. The van der Waals surface area contributed by atoms with Crippen molar-refractivity contribution in [2.24, 2.45) is 12.5 Å². The van der Waals surface area contributed by atoms with Crippen LogP contribution in [0.4, 0.5) is 15.6 Å². The minimum absolute atomic E-state index is 0.184. The van der Waals surface area contributed by atoms with E-state index in [0.717, 1.165) is 12.1 Å². The first-order valence-corrected chi connectivity index (χ1v) is 7.21. The van der Waals surface area contributed by atoms with E-state index < -0.39 is 0 Å². The van der Waals surface area contributed by atoms with Crippen LogP contribution in [0.2, 0.25) is 0 Å². The minimum Gasteiger partial charge on any atom is -0.305 e. The van der Waals surface area contributed by atoms with E-state index in [-0.39, 0.29) is 11.4 Å². The monoisotopic (exact) mass is 293 g/mol. The van der Waals surface area contributed by atoms with Gasteiger partial charge in [0.15, 0.2) is 5.13 Å². The first-order chi connectivity index (χ1) is 9.32. The van der Waals surface area contributed by atoms with Gasteiger partial charge in [0.1, 0.15) is 0 Å². The SMILES string of the molecule is Cn1cc(NC(=O)Nc2nc(CC(C)(C)C)cs2)cn1. The van der Waals surface area contributed by atoms with Gasteiger partial charge < -0.3 is 5.32 Å². The maximum absolute atomic E-state index is 11.8. The quantitative estimate of drug-likeness (QED) is 0.913. The van der Waals surface area contributed by atoms with Crippen molar-refractivity contribution >= 4 is 28.2 Å². The zero-order valence-electron chi connectivity index (χ0n) is 12.1. The van der Waals surface area contributed by atoms with Gasteiger partial charge in [-0.05, 0) is 11.8 Å². The average molecular weight is 293 g/mol. The van der Waals surface area contributed by atoms with Crippen molar-refractivity contribution in [3.63, 3.8) is 0 Å². The molecule has 2 amide bonds. The molecular formula is C13H19N5OS. The Balaban J connectivity index is 1.91. The summed E-state index contributed by atoms with van der Waals surface area (Å²) in [4.78, 5) is 16.2. The molecule has 2 rings (SSSR count). The van der Waals surface area contributed by atoms with Crippen molar-refractivity contribution in [2.45, 2.75) is 27.2 Å². The zero-order chi connectivity index (χ0) is 14.8. The van der Waals surface area contributed by atoms with Gasteiger partial charge in [0.05, 0.1) is 17.6 Å². The van der Waals surface area contributed by atoms with Gasteiger partial charge in [-0.1, -0.05) is 20.8 Å². The van der Waals surface area contributed by atoms with Crippen LogP contribution in [0, 0.1) is 5.41 Å². The lowest BCUT2D eigenvalue weighted by atomic mass is 9.91. The van der Waals surface area contributed by atoms with Crippen LogP contribution < -0.4 is 10.6 Å². The van der Waals surface area contributed by atoms with Gasteiger partial charge in [-0.3, -0.25) is 10.00 Å². The van der Waals surface area contributed by atoms with Gasteiger partial charge >= 0.3 is 6.03 Å². The largest absolute Gasteiger partial charge is 0.325 e. The highest BCUT2D eigenvalue weighted by atomic mass is 32.1. The van der Waals surface area contributed by atoms with Crippen LogP contribution in [-0.4, -0.2) is 20.8 Å². The van der Waals surface area contributed by atoms with Gasteiger partial charge in [0.25, 0.3) is 0 Å². The number of aryl methyl sites for hydroxylation is 1. The summed E-state index contributed by atoms with van der Waals surface area (Å²) in [6.45, 7) is 6.48. The summed E-state index contributed by atoms with van der Waals surface area (Å²) in [6, 6.07) is -0.311. The summed E-state index contributed by atoms with van der Waals surface area (Å²) in [5, 5.41) is 12.0. The van der Waals surface area contributed by atoms with Crippen LogP contribution in [0.1, 0.15) is 26.5 Å². The van der Waals surface area contributed by atoms with Crippen molar-refractivity contribution in [3.8, 4) is 0 Å². The summed E-state index contributed by atoms with van der Waals surface area (Å²) in [6.07, 6.45) is 4.20. The Morgan fingerprint density at radius 3 is 2.75 bits per heavy atom. The average Bonchev–Trinajstić information content (AvgIpc) is 2.86. The number of carbonyl (C=O) groups excluding carboxylic acids is 1. The van der Waals surface area contributed by atoms with Crippen molar-refractivity contribution in [2.75, 3.05) is 10.6 Å². The standard InChI is InChI=1S/C13H19N5OS/c1-13(2,3)5-9-8-20-12(16-9)17-11(19)15-10-6-14-18(4)7-10/h6-8H,5H2,1-4H3,(H2,15,16,17,19). The molecule has 2 N–H and O–H groups in total. The van der Waals surface area contributed by atoms with E-state index in [0.29, 0.717) is 10.8 Å². The topological polar surface area (TPSA) is 71.8 Å². The fourth-order valence-corrected chi connectivity index (χ4v) is 2.44. The van der Waals surface area contributed by atoms with Gasteiger partial charge in [0, 0.05) is 18.6 Å². The van der Waals surface area contributed by atoms with E-state index in [1.54, 1.807) is 24.1 Å². The number of urea groups is 1. The molecule has 0 bridgehead atoms. The van der Waals surface area contributed by atoms with Gasteiger partial charge in [-0.25, -0.2) is 9.78 Å². The molecule has 0 aromatic carbocycles. The van der Waals surface area contributed by atoms with Crippen LogP contribution in [-0.2, 0) is 13.5 Å². The van der Waals surface area contributed by atoms with Crippen LogP contribution in [0.3, 0.4) is 0 Å². The predicted molar refractivity (Wildman–Crippen MR) is 81.1 cm³/mol. The van der Waals surface area contributed by atoms with Crippen molar-refractivity contribution < 1.29 is 4.79 Å². The molecule has 0 unspecified atom stereocenters. The molecule has 0 aliphatic rings. The van der Waals surface area contributed by atoms with Crippen molar-refractivity contribution in [3.05, 3.63) is 23.5 Å². The molecule has 7 heteroatoms. The number of carbonyl (C=O) groups is 1. The number of amides is 2. The van der Waals surface area contributed by atoms with Gasteiger partial charge in [-0.2, -0.15) is 5.10 Å². The molecule has 0 radical (unpaired) electrons. The minimum atomic E-state index is -0.311. The number of nitrogens with zero attached hydrogens (tertiary/aromatic N) is 3. The number of anilines is 2. The molecule has 0 saturated carbocycles. The molecule has 20 heavy (non-hydrogen) atoms. The molecule has 108 valence electrons. The van der Waals surface area contributed by atoms with Crippen LogP contribution in [0.15, 0.2) is 17.8 Å². The van der Waals surface area contributed by atoms with Crippen molar-refractivity contribution in [1.82, 2.24) is 14.8 Å². The highest BCUT2D eigenvalue weighted by Gasteiger charge is 2.14. The fraction of sp³-hybridized carbons (Fsp3) is 0.462. The lowest BCUT2D eigenvalue weighted by Gasteiger charge is -2.15. The number of rotatable bonds is 3. The third-order valence-corrected chi connectivity index (χ3v) is 3.25. The van der Waals surface area contributed by atoms with Crippen molar-refractivity contribution in [1.29, 1.82) is 0 Å². The lowest BCUT2D eigenvalue weighted by molar-refractivity contribution is 0.262. The van der Waals surface area contributed by atoms with E-state index >= 15 is 0 Å². The molecule has 0 aliphatic carbocycles. The molecule has 0 fully saturated rings. The lowest BCUT2D eigenvalue weighted by Crippen LogP contribution is -2.19. The highest BCUT2D eigenvalue weighted by Crippen LogP contribution is 2.23. The number of aromatic nitrogens is 3. The molecule has 0 aliphatic heterocycles. The van der Waals surface area contributed by atoms with E-state index in [4.69, 9.17) is 0 Å². The maximum atomic E-state index is 11.8. The Kier molecular flexibility index (Phi) is 4.08. The van der Waals surface area contributed by atoms with Gasteiger partial charge in [0.2, 0.25) is 0 Å². The summed E-state index contributed by atoms with van der Waals surface area (Å²) in [5.74, 6) is 0. The molecule has 0 atom stereocenters. The second-order valence-corrected chi connectivity index (χ2v) is 6.72. The molecule has 2 aromatic rings. The first kappa shape index (κ1) is 14.5. The molecular weight excluding hydrogens is 274 g/mol. The fourth-order valence-electron chi connectivity index (χ4n) is 1.73. The van der Waals surface area contributed by atoms with Crippen LogP contribution >= 0.6 is 11.3 Å². The number of hydrogen-bond donors (Lipinski definition) is 2. The predicted octanol–water partition coefficient (Wildman–Crippen LogP) is 3.11. The first-order valence-electron chi connectivity index (χ1n) is 6.33. The highest BCUT2D eigenvalue weighted by molar-refractivity contribution is 7.13. The van der Waals surface area contributed by atoms with Gasteiger partial charge in [-0.15, -0.1) is 11.3 Å². The van der Waals surface area contributed by atoms with E-state index in [1.165, 1.54) is 11.3 Å². The van der Waals surface area contributed by atoms with E-state index in [1.807, 2.05) is 5.38 Å². The molecule has 2 aromatic heterocycles. The smallest absolute Gasteiger partial charge is 0.305 e.